The minimum atomic E-state index is 0. The number of hydrogen-bond acceptors (Lipinski definition) is 2. The maximum absolute atomic E-state index is 3.37. The molecule has 3 nitrogen and oxygen atoms in total. The van der Waals surface area contributed by atoms with E-state index in [4.69, 9.17) is 0 Å². The number of benzene rings is 3. The summed E-state index contributed by atoms with van der Waals surface area (Å²) in [6.07, 6.45) is 0. The van der Waals surface area contributed by atoms with Gasteiger partial charge in [0.25, 0.3) is 0 Å². The first kappa shape index (κ1) is 14.6. The molecule has 0 amide bonds. The zero-order chi connectivity index (χ0) is 13.6. The third kappa shape index (κ3) is 4.09. The van der Waals surface area contributed by atoms with Crippen molar-refractivity contribution in [2.45, 2.75) is 0 Å². The summed E-state index contributed by atoms with van der Waals surface area (Å²) in [5, 5.41) is 6.73. The summed E-state index contributed by atoms with van der Waals surface area (Å²) in [7, 11) is 0. The number of hydrogen-bond donors (Lipinski definition) is 2. The van der Waals surface area contributed by atoms with Crippen LogP contribution in [0.4, 0.5) is 22.7 Å². The quantitative estimate of drug-likeness (QED) is 0.745. The van der Waals surface area contributed by atoms with Crippen molar-refractivity contribution in [3.05, 3.63) is 84.9 Å². The molecule has 0 bridgehead atoms. The van der Waals surface area contributed by atoms with Gasteiger partial charge in [-0.1, -0.05) is 36.4 Å². The van der Waals surface area contributed by atoms with Gasteiger partial charge in [0, 0.05) is 22.7 Å². The summed E-state index contributed by atoms with van der Waals surface area (Å²) in [5.41, 5.74) is 4.34. The van der Waals surface area contributed by atoms with Crippen molar-refractivity contribution in [2.75, 3.05) is 10.6 Å². The van der Waals surface area contributed by atoms with E-state index >= 15 is 0 Å². The largest absolute Gasteiger partial charge is 0.412 e. The standard InChI is InChI=1S/C18H16N2.H2O/c1-3-7-15(8-4-1)19-17-11-13-18(14-12-17)20-16-9-5-2-6-10-16;/h1-14,19-20H;1H2. The average Bonchev–Trinajstić information content (AvgIpc) is 2.51. The zero-order valence-electron chi connectivity index (χ0n) is 11.6. The highest BCUT2D eigenvalue weighted by Gasteiger charge is 1.96. The second kappa shape index (κ2) is 7.12. The molecular weight excluding hydrogens is 260 g/mol. The lowest BCUT2D eigenvalue weighted by Crippen LogP contribution is -1.92. The topological polar surface area (TPSA) is 55.6 Å². The molecule has 0 aromatic heterocycles. The molecule has 3 aromatic carbocycles. The minimum Gasteiger partial charge on any atom is -0.412 e. The summed E-state index contributed by atoms with van der Waals surface area (Å²) < 4.78 is 0. The molecule has 3 heteroatoms. The Balaban J connectivity index is 0.00000161. The monoisotopic (exact) mass is 278 g/mol. The van der Waals surface area contributed by atoms with E-state index in [2.05, 4.69) is 59.2 Å². The van der Waals surface area contributed by atoms with E-state index < -0.39 is 0 Å². The Morgan fingerprint density at radius 1 is 0.381 bits per heavy atom. The van der Waals surface area contributed by atoms with Gasteiger partial charge < -0.3 is 16.1 Å². The second-order valence-corrected chi connectivity index (χ2v) is 4.56. The lowest BCUT2D eigenvalue weighted by molar-refractivity contribution is 0.824. The van der Waals surface area contributed by atoms with E-state index in [9.17, 15) is 0 Å². The fraction of sp³-hybridized carbons (Fsp3) is 0. The number of anilines is 4. The van der Waals surface area contributed by atoms with Gasteiger partial charge in [-0.15, -0.1) is 0 Å². The Labute approximate surface area is 124 Å². The molecule has 0 radical (unpaired) electrons. The van der Waals surface area contributed by atoms with Gasteiger partial charge in [0.05, 0.1) is 0 Å². The number of rotatable bonds is 4. The third-order valence-electron chi connectivity index (χ3n) is 3.01. The summed E-state index contributed by atoms with van der Waals surface area (Å²) in [6.45, 7) is 0. The van der Waals surface area contributed by atoms with Crippen LogP contribution in [0.25, 0.3) is 0 Å². The molecular formula is C18H18N2O. The molecule has 0 fully saturated rings. The second-order valence-electron chi connectivity index (χ2n) is 4.56. The molecule has 0 saturated carbocycles. The van der Waals surface area contributed by atoms with Gasteiger partial charge in [-0.3, -0.25) is 0 Å². The van der Waals surface area contributed by atoms with E-state index in [1.54, 1.807) is 0 Å². The summed E-state index contributed by atoms with van der Waals surface area (Å²) in [4.78, 5) is 0. The molecule has 0 atom stereocenters. The van der Waals surface area contributed by atoms with Gasteiger partial charge in [0.1, 0.15) is 0 Å². The Hall–Kier alpha value is -2.78. The minimum absolute atomic E-state index is 0. The highest BCUT2D eigenvalue weighted by molar-refractivity contribution is 5.65. The van der Waals surface area contributed by atoms with Crippen LogP contribution < -0.4 is 10.6 Å². The maximum atomic E-state index is 3.37. The predicted molar refractivity (Wildman–Crippen MR) is 89.5 cm³/mol. The molecule has 0 heterocycles. The van der Waals surface area contributed by atoms with Gasteiger partial charge >= 0.3 is 0 Å². The molecule has 4 N–H and O–H groups in total. The summed E-state index contributed by atoms with van der Waals surface area (Å²) in [6, 6.07) is 28.6. The van der Waals surface area contributed by atoms with E-state index in [1.165, 1.54) is 0 Å². The van der Waals surface area contributed by atoms with Crippen molar-refractivity contribution in [1.82, 2.24) is 0 Å². The van der Waals surface area contributed by atoms with Gasteiger partial charge in [-0.25, -0.2) is 0 Å². The van der Waals surface area contributed by atoms with Crippen LogP contribution in [0.3, 0.4) is 0 Å². The van der Waals surface area contributed by atoms with Crippen molar-refractivity contribution < 1.29 is 5.48 Å². The molecule has 3 rings (SSSR count). The Bertz CT molecular complexity index is 591. The first-order valence-corrected chi connectivity index (χ1v) is 6.64. The van der Waals surface area contributed by atoms with Crippen molar-refractivity contribution in [3.63, 3.8) is 0 Å². The Morgan fingerprint density at radius 2 is 0.667 bits per heavy atom. The SMILES string of the molecule is O.c1ccc(Nc2ccc(Nc3ccccc3)cc2)cc1. The summed E-state index contributed by atoms with van der Waals surface area (Å²) >= 11 is 0. The highest BCUT2D eigenvalue weighted by Crippen LogP contribution is 2.21. The van der Waals surface area contributed by atoms with Crippen LogP contribution in [-0.2, 0) is 0 Å². The molecule has 0 saturated heterocycles. The zero-order valence-corrected chi connectivity index (χ0v) is 11.6. The Kier molecular flexibility index (Phi) is 4.96. The molecule has 0 unspecified atom stereocenters. The van der Waals surface area contributed by atoms with Crippen LogP contribution in [-0.4, -0.2) is 5.48 Å². The maximum Gasteiger partial charge on any atom is 0.0385 e. The lowest BCUT2D eigenvalue weighted by atomic mass is 10.2. The van der Waals surface area contributed by atoms with Crippen LogP contribution in [0.2, 0.25) is 0 Å². The van der Waals surface area contributed by atoms with Crippen molar-refractivity contribution in [3.8, 4) is 0 Å². The fourth-order valence-corrected chi connectivity index (χ4v) is 2.01. The smallest absolute Gasteiger partial charge is 0.0385 e. The van der Waals surface area contributed by atoms with E-state index in [-0.39, 0.29) is 5.48 Å². The number of para-hydroxylation sites is 2. The Morgan fingerprint density at radius 3 is 1.00 bits per heavy atom. The van der Waals surface area contributed by atoms with Gasteiger partial charge in [0.2, 0.25) is 0 Å². The first-order valence-electron chi connectivity index (χ1n) is 6.64. The van der Waals surface area contributed by atoms with Crippen molar-refractivity contribution in [1.29, 1.82) is 0 Å². The summed E-state index contributed by atoms with van der Waals surface area (Å²) in [5.74, 6) is 0. The normalized spacial score (nSPS) is 9.52. The van der Waals surface area contributed by atoms with Crippen LogP contribution >= 0.6 is 0 Å². The highest BCUT2D eigenvalue weighted by atomic mass is 16.0. The average molecular weight is 278 g/mol. The fourth-order valence-electron chi connectivity index (χ4n) is 2.01. The molecule has 0 aliphatic heterocycles. The van der Waals surface area contributed by atoms with Crippen LogP contribution in [0.1, 0.15) is 0 Å². The lowest BCUT2D eigenvalue weighted by Gasteiger charge is -2.09. The van der Waals surface area contributed by atoms with Crippen molar-refractivity contribution >= 4 is 22.7 Å². The van der Waals surface area contributed by atoms with Gasteiger partial charge in [0.15, 0.2) is 0 Å². The number of nitrogens with one attached hydrogen (secondary N) is 2. The molecule has 21 heavy (non-hydrogen) atoms. The molecule has 0 aliphatic carbocycles. The van der Waals surface area contributed by atoms with Crippen LogP contribution in [0, 0.1) is 0 Å². The van der Waals surface area contributed by atoms with Crippen molar-refractivity contribution in [2.24, 2.45) is 0 Å². The van der Waals surface area contributed by atoms with Crippen LogP contribution in [0.5, 0.6) is 0 Å². The molecule has 106 valence electrons. The molecule has 0 aliphatic rings. The van der Waals surface area contributed by atoms with Gasteiger partial charge in [-0.05, 0) is 48.5 Å². The van der Waals surface area contributed by atoms with E-state index in [1.807, 2.05) is 36.4 Å². The predicted octanol–water partition coefficient (Wildman–Crippen LogP) is 4.35. The van der Waals surface area contributed by atoms with E-state index in [0.717, 1.165) is 22.7 Å². The molecule has 0 spiro atoms. The van der Waals surface area contributed by atoms with Gasteiger partial charge in [-0.2, -0.15) is 0 Å². The third-order valence-corrected chi connectivity index (χ3v) is 3.01. The van der Waals surface area contributed by atoms with E-state index in [0.29, 0.717) is 0 Å². The first-order chi connectivity index (χ1) is 9.90. The molecule has 3 aromatic rings. The van der Waals surface area contributed by atoms with Crippen LogP contribution in [0.15, 0.2) is 84.9 Å².